The molecule has 0 radical (unpaired) electrons. The number of fused-ring (bicyclic) bond motifs is 3. The standard InChI is InChI=1S/C39H52N6O11S/c1-38(2,3)56-37(49)40-30-12-16-53-15-6-5-7-25-22-39(25,36(48)43-57(50,51)28-9-10-28)42-33(46)31-21-27(23-45(31)35(30)47)55-34-29-11-8-26(52-4)19-24(29)20-32(41-34)44-13-17-54-18-14-44/h5,7-8,11,19-20,25,27-28,30-31H,6,9-10,12-18,21-23H2,1-4H3,(H,40,49)(H,42,46)(H,43,48)/t25?,27?,30-,31-,39+/m0/s1. The number of alkyl carbamates (subject to hydrolysis) is 1. The quantitative estimate of drug-likeness (QED) is 0.328. The van der Waals surface area contributed by atoms with E-state index in [0.29, 0.717) is 68.4 Å². The van der Waals surface area contributed by atoms with Crippen LogP contribution in [0.1, 0.15) is 59.3 Å². The predicted octanol–water partition coefficient (Wildman–Crippen LogP) is 2.17. The van der Waals surface area contributed by atoms with Crippen molar-refractivity contribution in [3.8, 4) is 11.6 Å². The van der Waals surface area contributed by atoms with Gasteiger partial charge in [0.2, 0.25) is 27.7 Å². The zero-order valence-corrected chi connectivity index (χ0v) is 33.6. The molecular weight excluding hydrogens is 761 g/mol. The minimum absolute atomic E-state index is 0.00686. The molecule has 2 unspecified atom stereocenters. The van der Waals surface area contributed by atoms with E-state index in [0.717, 1.165) is 5.39 Å². The summed E-state index contributed by atoms with van der Waals surface area (Å²) in [6.07, 6.45) is 3.69. The highest BCUT2D eigenvalue weighted by Crippen LogP contribution is 2.46. The summed E-state index contributed by atoms with van der Waals surface area (Å²) in [5.74, 6) is -0.938. The number of pyridine rings is 1. The van der Waals surface area contributed by atoms with E-state index in [-0.39, 0.29) is 39.0 Å². The van der Waals surface area contributed by atoms with Crippen molar-refractivity contribution < 1.29 is 51.3 Å². The van der Waals surface area contributed by atoms with E-state index in [2.05, 4.69) is 20.3 Å². The van der Waals surface area contributed by atoms with Gasteiger partial charge in [-0.05, 0) is 76.1 Å². The number of hydrogen-bond acceptors (Lipinski definition) is 13. The number of rotatable bonds is 8. The van der Waals surface area contributed by atoms with Crippen LogP contribution in [-0.4, -0.2) is 130 Å². The number of sulfonamides is 1. The molecule has 17 nitrogen and oxygen atoms in total. The Bertz CT molecular complexity index is 2010. The van der Waals surface area contributed by atoms with Gasteiger partial charge in [-0.1, -0.05) is 12.2 Å². The van der Waals surface area contributed by atoms with Crippen LogP contribution >= 0.6 is 0 Å². The lowest BCUT2D eigenvalue weighted by Gasteiger charge is -2.30. The lowest BCUT2D eigenvalue weighted by molar-refractivity contribution is -0.141. The second-order valence-electron chi connectivity index (χ2n) is 16.2. The smallest absolute Gasteiger partial charge is 0.408 e. The third-order valence-electron chi connectivity index (χ3n) is 10.8. The van der Waals surface area contributed by atoms with Crippen molar-refractivity contribution in [2.45, 2.75) is 93.9 Å². The maximum Gasteiger partial charge on any atom is 0.408 e. The van der Waals surface area contributed by atoms with Gasteiger partial charge in [0, 0.05) is 43.8 Å². The molecule has 1 aromatic heterocycles. The minimum Gasteiger partial charge on any atom is -0.497 e. The summed E-state index contributed by atoms with van der Waals surface area (Å²) in [5.41, 5.74) is -2.40. The summed E-state index contributed by atoms with van der Waals surface area (Å²) in [6.45, 7) is 7.79. The number of hydrogen-bond donors (Lipinski definition) is 3. The van der Waals surface area contributed by atoms with Crippen molar-refractivity contribution in [2.24, 2.45) is 5.92 Å². The van der Waals surface area contributed by atoms with Crippen LogP contribution in [0.15, 0.2) is 36.4 Å². The number of anilines is 1. The molecule has 0 bridgehead atoms. The molecule has 3 N–H and O–H groups in total. The van der Waals surface area contributed by atoms with Gasteiger partial charge in [-0.2, -0.15) is 4.98 Å². The number of morpholine rings is 1. The minimum atomic E-state index is -3.92. The number of amides is 4. The van der Waals surface area contributed by atoms with Gasteiger partial charge in [-0.25, -0.2) is 13.2 Å². The zero-order chi connectivity index (χ0) is 40.5. The summed E-state index contributed by atoms with van der Waals surface area (Å²) < 4.78 is 57.0. The van der Waals surface area contributed by atoms with E-state index >= 15 is 0 Å². The number of methoxy groups -OCH3 is 1. The van der Waals surface area contributed by atoms with Gasteiger partial charge in [-0.15, -0.1) is 0 Å². The lowest BCUT2D eigenvalue weighted by atomic mass is 10.1. The monoisotopic (exact) mass is 812 g/mol. The molecule has 0 spiro atoms. The van der Waals surface area contributed by atoms with Gasteiger partial charge in [0.1, 0.15) is 40.9 Å². The van der Waals surface area contributed by atoms with Crippen molar-refractivity contribution in [1.29, 1.82) is 0 Å². The summed E-state index contributed by atoms with van der Waals surface area (Å²) >= 11 is 0. The topological polar surface area (TPSA) is 204 Å². The molecule has 4 heterocycles. The fraction of sp³-hybridized carbons (Fsp3) is 0.615. The Morgan fingerprint density at radius 3 is 2.51 bits per heavy atom. The number of carbonyl (C=O) groups is 4. The van der Waals surface area contributed by atoms with Crippen LogP contribution in [0, 0.1) is 5.92 Å². The zero-order valence-electron chi connectivity index (χ0n) is 32.8. The maximum atomic E-state index is 14.6. The van der Waals surface area contributed by atoms with E-state index in [9.17, 15) is 27.6 Å². The number of aromatic nitrogens is 1. The van der Waals surface area contributed by atoms with E-state index in [4.69, 9.17) is 28.7 Å². The molecular formula is C39H52N6O11S. The van der Waals surface area contributed by atoms with Crippen molar-refractivity contribution in [3.05, 3.63) is 36.4 Å². The largest absolute Gasteiger partial charge is 0.497 e. The van der Waals surface area contributed by atoms with Crippen LogP contribution in [0.4, 0.5) is 10.6 Å². The maximum absolute atomic E-state index is 14.6. The summed E-state index contributed by atoms with van der Waals surface area (Å²) in [6, 6.07) is 5.16. The van der Waals surface area contributed by atoms with Crippen molar-refractivity contribution in [1.82, 2.24) is 25.2 Å². The molecule has 2 saturated carbocycles. The number of nitrogens with zero attached hydrogens (tertiary/aromatic N) is 3. The molecule has 2 aliphatic carbocycles. The van der Waals surface area contributed by atoms with Crippen molar-refractivity contribution in [2.75, 3.05) is 58.1 Å². The fourth-order valence-electron chi connectivity index (χ4n) is 7.48. The number of benzene rings is 1. The van der Waals surface area contributed by atoms with Gasteiger partial charge in [0.25, 0.3) is 5.91 Å². The van der Waals surface area contributed by atoms with Crippen LogP contribution in [0.5, 0.6) is 11.6 Å². The normalized spacial score (nSPS) is 27.3. The lowest BCUT2D eigenvalue weighted by Crippen LogP contribution is -2.58. The molecule has 2 aromatic rings. The average Bonchev–Trinajstić information content (AvgIpc) is 4.09. The van der Waals surface area contributed by atoms with E-state index in [1.807, 2.05) is 24.3 Å². The van der Waals surface area contributed by atoms with Gasteiger partial charge >= 0.3 is 6.09 Å². The first-order valence-electron chi connectivity index (χ1n) is 19.6. The van der Waals surface area contributed by atoms with Gasteiger partial charge in [0.05, 0.1) is 38.7 Å². The third-order valence-corrected chi connectivity index (χ3v) is 12.6. The average molecular weight is 813 g/mol. The Labute approximate surface area is 332 Å². The first kappa shape index (κ1) is 40.5. The van der Waals surface area contributed by atoms with Gasteiger partial charge < -0.3 is 44.1 Å². The molecule has 18 heteroatoms. The first-order valence-corrected chi connectivity index (χ1v) is 21.1. The van der Waals surface area contributed by atoms with Gasteiger partial charge in [0.15, 0.2) is 0 Å². The van der Waals surface area contributed by atoms with Crippen molar-refractivity contribution >= 4 is 50.4 Å². The molecule has 2 saturated heterocycles. The molecule has 310 valence electrons. The third kappa shape index (κ3) is 9.39. The second-order valence-corrected chi connectivity index (χ2v) is 18.2. The molecule has 4 fully saturated rings. The number of carbonyl (C=O) groups excluding carboxylic acids is 4. The molecule has 3 aliphatic heterocycles. The SMILES string of the molecule is COc1ccc2c(OC3C[C@H]4C(=O)N[C@]5(C(=O)NS(=O)(=O)C6CC6)CC5C=CCCOCC[C@H](NC(=O)OC(C)(C)C)C(=O)N4C3)nc(N3CCOCC3)cc2c1. The Balaban J connectivity index is 1.21. The molecule has 7 rings (SSSR count). The predicted molar refractivity (Wildman–Crippen MR) is 207 cm³/mol. The number of nitrogens with one attached hydrogen (secondary N) is 3. The number of ether oxygens (including phenoxy) is 5. The Morgan fingerprint density at radius 1 is 1.04 bits per heavy atom. The Kier molecular flexibility index (Phi) is 11.6. The van der Waals surface area contributed by atoms with Crippen LogP contribution in [0.2, 0.25) is 0 Å². The van der Waals surface area contributed by atoms with Crippen LogP contribution in [0.3, 0.4) is 0 Å². The molecule has 4 amide bonds. The van der Waals surface area contributed by atoms with E-state index in [1.165, 1.54) is 4.90 Å². The molecule has 5 aliphatic rings. The molecule has 1 aromatic carbocycles. The van der Waals surface area contributed by atoms with E-state index < -0.39 is 74.3 Å². The Hall–Kier alpha value is -4.68. The van der Waals surface area contributed by atoms with Crippen LogP contribution in [-0.2, 0) is 38.6 Å². The summed E-state index contributed by atoms with van der Waals surface area (Å²) in [7, 11) is -2.34. The molecule has 57 heavy (non-hydrogen) atoms. The summed E-state index contributed by atoms with van der Waals surface area (Å²) in [4.78, 5) is 64.2. The fourth-order valence-corrected chi connectivity index (χ4v) is 8.85. The summed E-state index contributed by atoms with van der Waals surface area (Å²) in [5, 5.41) is 6.40. The molecule has 5 atom stereocenters. The van der Waals surface area contributed by atoms with Crippen molar-refractivity contribution in [3.63, 3.8) is 0 Å². The van der Waals surface area contributed by atoms with Gasteiger partial charge in [-0.3, -0.25) is 19.1 Å². The highest BCUT2D eigenvalue weighted by molar-refractivity contribution is 7.91. The Morgan fingerprint density at radius 2 is 1.79 bits per heavy atom. The highest BCUT2D eigenvalue weighted by Gasteiger charge is 2.62. The van der Waals surface area contributed by atoms with E-state index in [1.54, 1.807) is 40.0 Å². The first-order chi connectivity index (χ1) is 27.2. The van der Waals surface area contributed by atoms with Crippen LogP contribution < -0.4 is 29.7 Å². The van der Waals surface area contributed by atoms with Crippen LogP contribution in [0.25, 0.3) is 10.8 Å². The highest BCUT2D eigenvalue weighted by atomic mass is 32.2. The second kappa shape index (κ2) is 16.3.